The summed E-state index contributed by atoms with van der Waals surface area (Å²) in [7, 11) is 1.65. The minimum atomic E-state index is -0.386. The molecule has 0 bridgehead atoms. The van der Waals surface area contributed by atoms with Crippen molar-refractivity contribution in [3.05, 3.63) is 40.3 Å². The van der Waals surface area contributed by atoms with Crippen LogP contribution in [0.15, 0.2) is 29.4 Å². The topological polar surface area (TPSA) is 87.5 Å². The van der Waals surface area contributed by atoms with Gasteiger partial charge in [-0.25, -0.2) is 0 Å². The van der Waals surface area contributed by atoms with Crippen molar-refractivity contribution in [1.82, 2.24) is 4.90 Å². The van der Waals surface area contributed by atoms with E-state index in [2.05, 4.69) is 27.9 Å². The zero-order valence-corrected chi connectivity index (χ0v) is 14.0. The molecule has 0 aromatic heterocycles. The summed E-state index contributed by atoms with van der Waals surface area (Å²) < 4.78 is 10.8. The average molecular weight is 330 g/mol. The first-order valence-corrected chi connectivity index (χ1v) is 8.25. The fourth-order valence-corrected chi connectivity index (χ4v) is 3.84. The van der Waals surface area contributed by atoms with Gasteiger partial charge in [0, 0.05) is 17.5 Å². The Kier molecular flexibility index (Phi) is 4.92. The summed E-state index contributed by atoms with van der Waals surface area (Å²) in [6.45, 7) is 2.97. The van der Waals surface area contributed by atoms with E-state index in [0.29, 0.717) is 12.5 Å². The van der Waals surface area contributed by atoms with E-state index >= 15 is 0 Å². The summed E-state index contributed by atoms with van der Waals surface area (Å²) in [5, 5.41) is 3.57. The van der Waals surface area contributed by atoms with Crippen molar-refractivity contribution in [2.45, 2.75) is 38.0 Å². The Balaban J connectivity index is 1.90. The molecule has 0 radical (unpaired) electrons. The molecule has 2 aliphatic heterocycles. The Bertz CT molecular complexity index is 659. The number of cyclic esters (lactones) is 1. The van der Waals surface area contributed by atoms with Gasteiger partial charge in [-0.05, 0) is 42.0 Å². The quantitative estimate of drug-likeness (QED) is 0.367. The van der Waals surface area contributed by atoms with Gasteiger partial charge in [0.2, 0.25) is 0 Å². The maximum absolute atomic E-state index is 12.4. The molecule has 1 aromatic rings. The van der Waals surface area contributed by atoms with E-state index in [1.54, 1.807) is 7.11 Å². The molecule has 7 nitrogen and oxygen atoms in total. The molecular weight excluding hydrogens is 308 g/mol. The fourth-order valence-electron chi connectivity index (χ4n) is 3.84. The van der Waals surface area contributed by atoms with Gasteiger partial charge in [0.05, 0.1) is 13.7 Å². The SMILES string of the molecule is COc1cccc([C@@H]2[C@@H](C)CC[C@@H]3C(=O)O[C@@H](CN=[N+]=[N-])CN32)c1. The van der Waals surface area contributed by atoms with Gasteiger partial charge in [-0.3, -0.25) is 9.69 Å². The smallest absolute Gasteiger partial charge is 0.323 e. The maximum Gasteiger partial charge on any atom is 0.323 e. The number of hydrogen-bond acceptors (Lipinski definition) is 5. The molecule has 0 saturated carbocycles. The maximum atomic E-state index is 12.4. The predicted molar refractivity (Wildman–Crippen MR) is 88.5 cm³/mol. The number of methoxy groups -OCH3 is 1. The van der Waals surface area contributed by atoms with Crippen LogP contribution in [0, 0.1) is 5.92 Å². The highest BCUT2D eigenvalue weighted by atomic mass is 16.5. The number of azide groups is 1. The van der Waals surface area contributed by atoms with Crippen molar-refractivity contribution >= 4 is 5.97 Å². The molecule has 0 N–H and O–H groups in total. The lowest BCUT2D eigenvalue weighted by Gasteiger charge is -2.48. The molecule has 4 atom stereocenters. The third kappa shape index (κ3) is 3.18. The number of piperidine rings is 1. The highest BCUT2D eigenvalue weighted by Gasteiger charge is 2.44. The van der Waals surface area contributed by atoms with Crippen molar-refractivity contribution in [2.75, 3.05) is 20.2 Å². The fraction of sp³-hybridized carbons (Fsp3) is 0.588. The van der Waals surface area contributed by atoms with Crippen molar-refractivity contribution in [2.24, 2.45) is 11.0 Å². The lowest BCUT2D eigenvalue weighted by atomic mass is 9.82. The Labute approximate surface area is 141 Å². The Morgan fingerprint density at radius 2 is 2.29 bits per heavy atom. The van der Waals surface area contributed by atoms with Crippen LogP contribution in [-0.4, -0.2) is 43.2 Å². The van der Waals surface area contributed by atoms with Crippen LogP contribution >= 0.6 is 0 Å². The molecule has 2 aliphatic rings. The van der Waals surface area contributed by atoms with Crippen LogP contribution in [0.25, 0.3) is 10.4 Å². The number of rotatable bonds is 4. The normalized spacial score (nSPS) is 30.0. The number of ether oxygens (including phenoxy) is 2. The van der Waals surface area contributed by atoms with Crippen LogP contribution < -0.4 is 4.74 Å². The summed E-state index contributed by atoms with van der Waals surface area (Å²) in [6.07, 6.45) is 1.39. The van der Waals surface area contributed by atoms with Gasteiger partial charge in [0.25, 0.3) is 0 Å². The highest BCUT2D eigenvalue weighted by Crippen LogP contribution is 2.41. The first-order chi connectivity index (χ1) is 11.6. The van der Waals surface area contributed by atoms with Crippen LogP contribution in [0.3, 0.4) is 0 Å². The van der Waals surface area contributed by atoms with Gasteiger partial charge >= 0.3 is 5.97 Å². The molecule has 24 heavy (non-hydrogen) atoms. The number of fused-ring (bicyclic) bond motifs is 1. The van der Waals surface area contributed by atoms with Crippen LogP contribution in [0.1, 0.15) is 31.4 Å². The van der Waals surface area contributed by atoms with Crippen molar-refractivity contribution in [3.8, 4) is 5.75 Å². The molecule has 3 rings (SSSR count). The number of carbonyl (C=O) groups is 1. The Morgan fingerprint density at radius 3 is 3.04 bits per heavy atom. The third-order valence-electron chi connectivity index (χ3n) is 4.95. The Hall–Kier alpha value is -2.24. The van der Waals surface area contributed by atoms with Gasteiger partial charge in [0.15, 0.2) is 0 Å². The molecule has 128 valence electrons. The van der Waals surface area contributed by atoms with Gasteiger partial charge in [-0.15, -0.1) is 0 Å². The highest BCUT2D eigenvalue weighted by molar-refractivity contribution is 5.77. The second-order valence-corrected chi connectivity index (χ2v) is 6.46. The first kappa shape index (κ1) is 16.6. The molecule has 0 amide bonds. The summed E-state index contributed by atoms with van der Waals surface area (Å²) in [5.74, 6) is 1.02. The minimum Gasteiger partial charge on any atom is -0.497 e. The second kappa shape index (κ2) is 7.11. The molecular formula is C17H22N4O3. The zero-order valence-electron chi connectivity index (χ0n) is 14.0. The van der Waals surface area contributed by atoms with E-state index in [1.165, 1.54) is 0 Å². The van der Waals surface area contributed by atoms with Gasteiger partial charge in [-0.2, -0.15) is 0 Å². The molecule has 0 unspecified atom stereocenters. The molecule has 2 heterocycles. The van der Waals surface area contributed by atoms with Crippen LogP contribution in [0.2, 0.25) is 0 Å². The third-order valence-corrected chi connectivity index (χ3v) is 4.95. The van der Waals surface area contributed by atoms with Crippen LogP contribution in [-0.2, 0) is 9.53 Å². The zero-order chi connectivity index (χ0) is 17.1. The molecule has 1 aromatic carbocycles. The lowest BCUT2D eigenvalue weighted by Crippen LogP contribution is -2.57. The number of carbonyl (C=O) groups excluding carboxylic acids is 1. The molecule has 7 heteroatoms. The molecule has 0 spiro atoms. The van der Waals surface area contributed by atoms with E-state index in [9.17, 15) is 4.79 Å². The number of hydrogen-bond donors (Lipinski definition) is 0. The van der Waals surface area contributed by atoms with Crippen LogP contribution in [0.4, 0.5) is 0 Å². The van der Waals surface area contributed by atoms with Crippen molar-refractivity contribution < 1.29 is 14.3 Å². The van der Waals surface area contributed by atoms with Crippen molar-refractivity contribution in [3.63, 3.8) is 0 Å². The summed E-state index contributed by atoms with van der Waals surface area (Å²) in [5.41, 5.74) is 9.66. The van der Waals surface area contributed by atoms with E-state index in [4.69, 9.17) is 15.0 Å². The van der Waals surface area contributed by atoms with Gasteiger partial charge in [0.1, 0.15) is 17.9 Å². The number of benzene rings is 1. The standard InChI is InChI=1S/C17H22N4O3/c1-11-6-7-15-17(22)24-14(9-19-20-18)10-21(15)16(11)12-4-3-5-13(8-12)23-2/h3-5,8,11,14-16H,6-7,9-10H2,1-2H3/t11-,14-,15+,16-/m0/s1. The Morgan fingerprint density at radius 1 is 1.46 bits per heavy atom. The monoisotopic (exact) mass is 330 g/mol. The van der Waals surface area contributed by atoms with Gasteiger partial charge < -0.3 is 9.47 Å². The summed E-state index contributed by atoms with van der Waals surface area (Å²) in [6, 6.07) is 7.91. The summed E-state index contributed by atoms with van der Waals surface area (Å²) in [4.78, 5) is 17.4. The van der Waals surface area contributed by atoms with Crippen LogP contribution in [0.5, 0.6) is 5.75 Å². The second-order valence-electron chi connectivity index (χ2n) is 6.46. The predicted octanol–water partition coefficient (Wildman–Crippen LogP) is 3.07. The number of esters is 1. The number of morpholine rings is 1. The van der Waals surface area contributed by atoms with Crippen molar-refractivity contribution in [1.29, 1.82) is 0 Å². The summed E-state index contributed by atoms with van der Waals surface area (Å²) >= 11 is 0. The number of nitrogens with zero attached hydrogens (tertiary/aromatic N) is 4. The molecule has 2 fully saturated rings. The van der Waals surface area contributed by atoms with E-state index in [0.717, 1.165) is 24.2 Å². The van der Waals surface area contributed by atoms with Gasteiger partial charge in [-0.1, -0.05) is 24.2 Å². The lowest BCUT2D eigenvalue weighted by molar-refractivity contribution is -0.173. The minimum absolute atomic E-state index is 0.125. The van der Waals surface area contributed by atoms with E-state index < -0.39 is 0 Å². The largest absolute Gasteiger partial charge is 0.497 e. The first-order valence-electron chi connectivity index (χ1n) is 8.25. The molecule has 0 aliphatic carbocycles. The average Bonchev–Trinajstić information content (AvgIpc) is 2.59. The van der Waals surface area contributed by atoms with E-state index in [-0.39, 0.29) is 30.7 Å². The molecule has 2 saturated heterocycles. The van der Waals surface area contributed by atoms with E-state index in [1.807, 2.05) is 18.2 Å².